The van der Waals surface area contributed by atoms with E-state index in [4.69, 9.17) is 10.1 Å². The van der Waals surface area contributed by atoms with E-state index in [1.165, 1.54) is 4.90 Å². The van der Waals surface area contributed by atoms with Crippen LogP contribution in [0.25, 0.3) is 0 Å². The topological polar surface area (TPSA) is 53.4 Å². The third-order valence-electron chi connectivity index (χ3n) is 1.62. The number of hydrogen-bond acceptors (Lipinski definition) is 3. The minimum absolute atomic E-state index is 0.275. The molecule has 1 saturated heterocycles. The molecule has 1 heterocycles. The number of nitrogens with zero attached hydrogens (tertiary/aromatic N) is 1. The summed E-state index contributed by atoms with van der Waals surface area (Å²) < 4.78 is 4.80. The van der Waals surface area contributed by atoms with Crippen LogP contribution in [0.1, 0.15) is 20.3 Å². The summed E-state index contributed by atoms with van der Waals surface area (Å²) in [6.07, 6.45) is 0.0999. The summed E-state index contributed by atoms with van der Waals surface area (Å²) in [7, 11) is 0. The smallest absolute Gasteiger partial charge is 0.416 e. The van der Waals surface area contributed by atoms with E-state index in [1.54, 1.807) is 6.92 Å². The van der Waals surface area contributed by atoms with E-state index in [0.29, 0.717) is 6.54 Å². The van der Waals surface area contributed by atoms with Crippen LogP contribution in [0.4, 0.5) is 4.79 Å². The van der Waals surface area contributed by atoms with Gasteiger partial charge in [0.2, 0.25) is 0 Å². The Bertz CT molecular complexity index is 191. The third kappa shape index (κ3) is 1.34. The van der Waals surface area contributed by atoms with Gasteiger partial charge in [-0.3, -0.25) is 10.3 Å². The summed E-state index contributed by atoms with van der Waals surface area (Å²) in [5.41, 5.74) is 0. The van der Waals surface area contributed by atoms with Gasteiger partial charge in [0.15, 0.2) is 6.10 Å². The fraction of sp³-hybridized carbons (Fsp3) is 0.714. The van der Waals surface area contributed by atoms with E-state index in [-0.39, 0.29) is 18.0 Å². The molecule has 4 nitrogen and oxygen atoms in total. The monoisotopic (exact) mass is 156 g/mol. The van der Waals surface area contributed by atoms with Crippen molar-refractivity contribution in [3.63, 3.8) is 0 Å². The van der Waals surface area contributed by atoms with Crippen molar-refractivity contribution < 1.29 is 9.53 Å². The maximum atomic E-state index is 10.9. The molecule has 0 aliphatic carbocycles. The lowest BCUT2D eigenvalue weighted by molar-refractivity contribution is 0.139. The normalized spacial score (nSPS) is 24.2. The Morgan fingerprint density at radius 1 is 1.73 bits per heavy atom. The molecule has 1 N–H and O–H groups in total. The Morgan fingerprint density at radius 3 is 2.73 bits per heavy atom. The van der Waals surface area contributed by atoms with Crippen LogP contribution in [0.15, 0.2) is 0 Å². The number of ether oxygens (including phenoxy) is 1. The molecule has 0 saturated carbocycles. The summed E-state index contributed by atoms with van der Waals surface area (Å²) in [5, 5.41) is 7.43. The molecule has 1 unspecified atom stereocenters. The van der Waals surface area contributed by atoms with Crippen molar-refractivity contribution in [1.29, 1.82) is 5.41 Å². The zero-order chi connectivity index (χ0) is 8.43. The first-order valence-electron chi connectivity index (χ1n) is 3.73. The first-order chi connectivity index (χ1) is 5.16. The molecule has 1 amide bonds. The zero-order valence-electron chi connectivity index (χ0n) is 6.76. The number of rotatable bonds is 2. The molecular formula is C7H12N2O2. The molecule has 4 heteroatoms. The molecule has 62 valence electrons. The van der Waals surface area contributed by atoms with E-state index in [0.717, 1.165) is 6.42 Å². The highest BCUT2D eigenvalue weighted by molar-refractivity contribution is 6.01. The van der Waals surface area contributed by atoms with Crippen molar-refractivity contribution in [3.8, 4) is 0 Å². The highest BCUT2D eigenvalue weighted by Crippen LogP contribution is 2.12. The van der Waals surface area contributed by atoms with Gasteiger partial charge in [0, 0.05) is 6.54 Å². The van der Waals surface area contributed by atoms with E-state index < -0.39 is 0 Å². The van der Waals surface area contributed by atoms with E-state index in [9.17, 15) is 4.79 Å². The highest BCUT2D eigenvalue weighted by atomic mass is 16.6. The first kappa shape index (κ1) is 8.04. The second kappa shape index (κ2) is 2.90. The van der Waals surface area contributed by atoms with Crippen molar-refractivity contribution in [2.24, 2.45) is 0 Å². The summed E-state index contributed by atoms with van der Waals surface area (Å²) in [6, 6.07) is 0. The third-order valence-corrected chi connectivity index (χ3v) is 1.62. The van der Waals surface area contributed by atoms with Crippen LogP contribution >= 0.6 is 0 Å². The van der Waals surface area contributed by atoms with Gasteiger partial charge in [0.1, 0.15) is 5.84 Å². The fourth-order valence-corrected chi connectivity index (χ4v) is 1.02. The van der Waals surface area contributed by atoms with Gasteiger partial charge < -0.3 is 4.74 Å². The minimum Gasteiger partial charge on any atom is -0.438 e. The number of carbonyl (C=O) groups excluding carboxylic acids is 1. The van der Waals surface area contributed by atoms with Gasteiger partial charge in [-0.15, -0.1) is 0 Å². The van der Waals surface area contributed by atoms with Gasteiger partial charge in [-0.2, -0.15) is 0 Å². The lowest BCUT2D eigenvalue weighted by Crippen LogP contribution is -2.30. The largest absolute Gasteiger partial charge is 0.438 e. The Labute approximate surface area is 65.6 Å². The standard InChI is InChI=1S/C7H12N2O2/c1-3-4-9-6(8)5(2)11-7(9)10/h5,8H,3-4H2,1-2H3. The first-order valence-corrected chi connectivity index (χ1v) is 3.73. The number of nitrogens with one attached hydrogen (secondary N) is 1. The predicted octanol–water partition coefficient (Wildman–Crippen LogP) is 1.21. The van der Waals surface area contributed by atoms with Gasteiger partial charge in [0.05, 0.1) is 0 Å². The van der Waals surface area contributed by atoms with Crippen LogP contribution < -0.4 is 0 Å². The van der Waals surface area contributed by atoms with Crippen molar-refractivity contribution in [2.75, 3.05) is 6.54 Å². The van der Waals surface area contributed by atoms with Crippen LogP contribution in [-0.2, 0) is 4.74 Å². The average Bonchev–Trinajstić information content (AvgIpc) is 2.17. The molecule has 0 aromatic heterocycles. The molecule has 0 radical (unpaired) electrons. The van der Waals surface area contributed by atoms with Gasteiger partial charge in [-0.25, -0.2) is 4.79 Å². The molecule has 1 aliphatic heterocycles. The molecule has 1 rings (SSSR count). The van der Waals surface area contributed by atoms with Gasteiger partial charge in [0.25, 0.3) is 0 Å². The zero-order valence-corrected chi connectivity index (χ0v) is 6.76. The molecule has 0 bridgehead atoms. The van der Waals surface area contributed by atoms with E-state index >= 15 is 0 Å². The predicted molar refractivity (Wildman–Crippen MR) is 40.7 cm³/mol. The molecule has 1 aliphatic rings. The van der Waals surface area contributed by atoms with Crippen molar-refractivity contribution in [3.05, 3.63) is 0 Å². The average molecular weight is 156 g/mol. The number of cyclic esters (lactones) is 1. The van der Waals surface area contributed by atoms with E-state index in [1.807, 2.05) is 6.92 Å². The van der Waals surface area contributed by atoms with Crippen LogP contribution in [-0.4, -0.2) is 29.5 Å². The molecule has 0 aromatic carbocycles. The van der Waals surface area contributed by atoms with Crippen LogP contribution in [0, 0.1) is 5.41 Å². The lowest BCUT2D eigenvalue weighted by Gasteiger charge is -2.10. The summed E-state index contributed by atoms with van der Waals surface area (Å²) >= 11 is 0. The summed E-state index contributed by atoms with van der Waals surface area (Å²) in [5.74, 6) is 0.275. The molecule has 11 heavy (non-hydrogen) atoms. The van der Waals surface area contributed by atoms with Crippen LogP contribution in [0.3, 0.4) is 0 Å². The number of hydrogen-bond donors (Lipinski definition) is 1. The SMILES string of the molecule is CCCN1C(=N)C(C)OC1=O. The highest BCUT2D eigenvalue weighted by Gasteiger charge is 2.33. The molecule has 0 spiro atoms. The van der Waals surface area contributed by atoms with Gasteiger partial charge >= 0.3 is 6.09 Å². The maximum Gasteiger partial charge on any atom is 0.416 e. The Hall–Kier alpha value is -1.06. The van der Waals surface area contributed by atoms with Crippen molar-refractivity contribution in [2.45, 2.75) is 26.4 Å². The fourth-order valence-electron chi connectivity index (χ4n) is 1.02. The Kier molecular flexibility index (Phi) is 2.12. The Morgan fingerprint density at radius 2 is 2.36 bits per heavy atom. The number of amides is 1. The van der Waals surface area contributed by atoms with Crippen LogP contribution in [0.5, 0.6) is 0 Å². The summed E-state index contributed by atoms with van der Waals surface area (Å²) in [4.78, 5) is 12.3. The van der Waals surface area contributed by atoms with Crippen molar-refractivity contribution in [1.82, 2.24) is 4.90 Å². The molecular weight excluding hydrogens is 144 g/mol. The second-order valence-corrected chi connectivity index (χ2v) is 2.56. The van der Waals surface area contributed by atoms with E-state index in [2.05, 4.69) is 0 Å². The molecule has 1 fully saturated rings. The van der Waals surface area contributed by atoms with Gasteiger partial charge in [-0.05, 0) is 13.3 Å². The van der Waals surface area contributed by atoms with Crippen molar-refractivity contribution >= 4 is 11.9 Å². The lowest BCUT2D eigenvalue weighted by atomic mass is 10.3. The maximum absolute atomic E-state index is 10.9. The molecule has 1 atom stereocenters. The quantitative estimate of drug-likeness (QED) is 0.653. The molecule has 0 aromatic rings. The number of carbonyl (C=O) groups is 1. The number of amidine groups is 1. The summed E-state index contributed by atoms with van der Waals surface area (Å²) in [6.45, 7) is 4.25. The second-order valence-electron chi connectivity index (χ2n) is 2.56. The van der Waals surface area contributed by atoms with Crippen LogP contribution in [0.2, 0.25) is 0 Å². The Balaban J connectivity index is 2.64. The van der Waals surface area contributed by atoms with Gasteiger partial charge in [-0.1, -0.05) is 6.92 Å². The minimum atomic E-state index is -0.385.